The number of hydrogen-bond acceptors (Lipinski definition) is 4. The molecule has 0 fully saturated rings. The minimum Gasteiger partial charge on any atom is -0.496 e. The summed E-state index contributed by atoms with van der Waals surface area (Å²) in [6.45, 7) is 6.87. The number of fused-ring (bicyclic) bond motifs is 1. The van der Waals surface area contributed by atoms with Gasteiger partial charge in [0.25, 0.3) is 0 Å². The molecular formula is C27H31NO3. The molecule has 0 aromatic heterocycles. The van der Waals surface area contributed by atoms with E-state index in [4.69, 9.17) is 9.47 Å². The number of rotatable bonds is 7. The molecule has 3 aromatic carbocycles. The summed E-state index contributed by atoms with van der Waals surface area (Å²) in [6.07, 6.45) is 0.503. The highest BCUT2D eigenvalue weighted by atomic mass is 16.5. The standard InChI is InChI=1S/C27H31NO3/c1-19-15-22(11-12-26(19)30-3)25-9-6-10-27(20(25)2)31-18-24(29)17-28-14-13-21-7-4-5-8-23(21)16-28/h4-12,15,24,29H,13-14,16-18H2,1-3H3. The van der Waals surface area contributed by atoms with Crippen molar-refractivity contribution in [3.63, 3.8) is 0 Å². The Bertz CT molecular complexity index is 1050. The van der Waals surface area contributed by atoms with Crippen LogP contribution in [0.15, 0.2) is 60.7 Å². The van der Waals surface area contributed by atoms with Gasteiger partial charge in [0.2, 0.25) is 0 Å². The van der Waals surface area contributed by atoms with Crippen molar-refractivity contribution in [3.05, 3.63) is 82.9 Å². The first-order chi connectivity index (χ1) is 15.0. The average Bonchev–Trinajstić information content (AvgIpc) is 2.78. The van der Waals surface area contributed by atoms with Gasteiger partial charge in [0.1, 0.15) is 24.2 Å². The maximum absolute atomic E-state index is 10.6. The molecule has 1 atom stereocenters. The van der Waals surface area contributed by atoms with Crippen LogP contribution in [0, 0.1) is 13.8 Å². The zero-order chi connectivity index (χ0) is 21.8. The Labute approximate surface area is 185 Å². The molecule has 4 heteroatoms. The lowest BCUT2D eigenvalue weighted by Crippen LogP contribution is -2.38. The van der Waals surface area contributed by atoms with Crippen LogP contribution < -0.4 is 9.47 Å². The van der Waals surface area contributed by atoms with E-state index in [1.807, 2.05) is 25.1 Å². The quantitative estimate of drug-likeness (QED) is 0.601. The van der Waals surface area contributed by atoms with E-state index in [0.29, 0.717) is 6.54 Å². The summed E-state index contributed by atoms with van der Waals surface area (Å²) in [5.74, 6) is 1.70. The van der Waals surface area contributed by atoms with Crippen molar-refractivity contribution in [1.82, 2.24) is 4.90 Å². The van der Waals surface area contributed by atoms with Crippen LogP contribution in [0.1, 0.15) is 22.3 Å². The summed E-state index contributed by atoms with van der Waals surface area (Å²) in [5.41, 5.74) is 7.22. The van der Waals surface area contributed by atoms with E-state index in [9.17, 15) is 5.11 Å². The number of β-amino-alcohol motifs (C(OH)–C–C–N with tert-alkyl or cyclic N) is 1. The summed E-state index contributed by atoms with van der Waals surface area (Å²) in [7, 11) is 1.69. The Kier molecular flexibility index (Phi) is 6.59. The minimum absolute atomic E-state index is 0.282. The molecule has 0 saturated carbocycles. The lowest BCUT2D eigenvalue weighted by molar-refractivity contribution is 0.0636. The van der Waals surface area contributed by atoms with E-state index in [1.165, 1.54) is 11.1 Å². The second-order valence-corrected chi connectivity index (χ2v) is 8.33. The molecule has 0 amide bonds. The predicted octanol–water partition coefficient (Wildman–Crippen LogP) is 4.78. The molecule has 31 heavy (non-hydrogen) atoms. The van der Waals surface area contributed by atoms with Gasteiger partial charge >= 0.3 is 0 Å². The monoisotopic (exact) mass is 417 g/mol. The van der Waals surface area contributed by atoms with Crippen molar-refractivity contribution in [2.45, 2.75) is 32.9 Å². The van der Waals surface area contributed by atoms with Crippen LogP contribution >= 0.6 is 0 Å². The summed E-state index contributed by atoms with van der Waals surface area (Å²) in [4.78, 5) is 2.31. The highest BCUT2D eigenvalue weighted by Crippen LogP contribution is 2.32. The Morgan fingerprint density at radius 1 is 0.968 bits per heavy atom. The minimum atomic E-state index is -0.531. The highest BCUT2D eigenvalue weighted by molar-refractivity contribution is 5.71. The fourth-order valence-electron chi connectivity index (χ4n) is 4.38. The second-order valence-electron chi connectivity index (χ2n) is 8.33. The molecule has 1 N–H and O–H groups in total. The molecular weight excluding hydrogens is 386 g/mol. The normalized spacial score (nSPS) is 14.7. The molecule has 1 aliphatic rings. The van der Waals surface area contributed by atoms with E-state index in [1.54, 1.807) is 7.11 Å². The Hall–Kier alpha value is -2.82. The summed E-state index contributed by atoms with van der Waals surface area (Å²) in [6, 6.07) is 20.8. The third-order valence-corrected chi connectivity index (χ3v) is 6.10. The topological polar surface area (TPSA) is 41.9 Å². The second kappa shape index (κ2) is 9.54. The zero-order valence-electron chi connectivity index (χ0n) is 18.6. The van der Waals surface area contributed by atoms with Crippen LogP contribution in [0.2, 0.25) is 0 Å². The van der Waals surface area contributed by atoms with Gasteiger partial charge < -0.3 is 14.6 Å². The summed E-state index contributed by atoms with van der Waals surface area (Å²) >= 11 is 0. The zero-order valence-corrected chi connectivity index (χ0v) is 18.6. The van der Waals surface area contributed by atoms with Gasteiger partial charge in [-0.1, -0.05) is 42.5 Å². The fraction of sp³-hybridized carbons (Fsp3) is 0.333. The molecule has 3 aromatic rings. The lowest BCUT2D eigenvalue weighted by atomic mass is 9.98. The number of hydrogen-bond donors (Lipinski definition) is 1. The number of aryl methyl sites for hydroxylation is 1. The fourth-order valence-corrected chi connectivity index (χ4v) is 4.38. The molecule has 0 spiro atoms. The van der Waals surface area contributed by atoms with Crippen molar-refractivity contribution in [3.8, 4) is 22.6 Å². The van der Waals surface area contributed by atoms with Crippen LogP contribution in [0.4, 0.5) is 0 Å². The molecule has 1 heterocycles. The first kappa shape index (κ1) is 21.4. The van der Waals surface area contributed by atoms with Crippen LogP contribution in [0.3, 0.4) is 0 Å². The van der Waals surface area contributed by atoms with Crippen LogP contribution in [-0.2, 0) is 13.0 Å². The molecule has 0 radical (unpaired) electrons. The molecule has 4 rings (SSSR count). The van der Waals surface area contributed by atoms with Gasteiger partial charge in [-0.2, -0.15) is 0 Å². The van der Waals surface area contributed by atoms with E-state index in [0.717, 1.165) is 53.3 Å². The van der Waals surface area contributed by atoms with E-state index >= 15 is 0 Å². The maximum Gasteiger partial charge on any atom is 0.122 e. The van der Waals surface area contributed by atoms with E-state index in [-0.39, 0.29) is 6.61 Å². The molecule has 0 saturated heterocycles. The number of methoxy groups -OCH3 is 1. The summed E-state index contributed by atoms with van der Waals surface area (Å²) < 4.78 is 11.4. The number of benzene rings is 3. The van der Waals surface area contributed by atoms with Crippen LogP contribution in [0.5, 0.6) is 11.5 Å². The summed E-state index contributed by atoms with van der Waals surface area (Å²) in [5, 5.41) is 10.6. The van der Waals surface area contributed by atoms with Gasteiger partial charge in [-0.05, 0) is 71.8 Å². The predicted molar refractivity (Wildman–Crippen MR) is 125 cm³/mol. The molecule has 1 aliphatic heterocycles. The average molecular weight is 418 g/mol. The largest absolute Gasteiger partial charge is 0.496 e. The van der Waals surface area contributed by atoms with Crippen LogP contribution in [-0.4, -0.2) is 42.9 Å². The number of nitrogens with zero attached hydrogens (tertiary/aromatic N) is 1. The van der Waals surface area contributed by atoms with Gasteiger partial charge in [0.15, 0.2) is 0 Å². The van der Waals surface area contributed by atoms with Crippen molar-refractivity contribution >= 4 is 0 Å². The number of aliphatic hydroxyl groups excluding tert-OH is 1. The van der Waals surface area contributed by atoms with E-state index < -0.39 is 6.10 Å². The van der Waals surface area contributed by atoms with Gasteiger partial charge in [-0.25, -0.2) is 0 Å². The van der Waals surface area contributed by atoms with Crippen molar-refractivity contribution in [1.29, 1.82) is 0 Å². The Morgan fingerprint density at radius 3 is 2.55 bits per heavy atom. The first-order valence-corrected chi connectivity index (χ1v) is 10.9. The highest BCUT2D eigenvalue weighted by Gasteiger charge is 2.19. The van der Waals surface area contributed by atoms with Crippen molar-refractivity contribution in [2.75, 3.05) is 26.8 Å². The third kappa shape index (κ3) is 4.92. The van der Waals surface area contributed by atoms with Gasteiger partial charge in [-0.3, -0.25) is 4.90 Å². The Balaban J connectivity index is 1.39. The third-order valence-electron chi connectivity index (χ3n) is 6.10. The van der Waals surface area contributed by atoms with Crippen molar-refractivity contribution < 1.29 is 14.6 Å². The van der Waals surface area contributed by atoms with Gasteiger partial charge in [-0.15, -0.1) is 0 Å². The molecule has 4 nitrogen and oxygen atoms in total. The number of ether oxygens (including phenoxy) is 2. The lowest BCUT2D eigenvalue weighted by Gasteiger charge is -2.30. The van der Waals surface area contributed by atoms with Crippen LogP contribution in [0.25, 0.3) is 11.1 Å². The SMILES string of the molecule is COc1ccc(-c2cccc(OCC(O)CN3CCc4ccccc4C3)c2C)cc1C. The molecule has 162 valence electrons. The van der Waals surface area contributed by atoms with Gasteiger partial charge in [0, 0.05) is 19.6 Å². The Morgan fingerprint density at radius 2 is 1.77 bits per heavy atom. The molecule has 1 unspecified atom stereocenters. The maximum atomic E-state index is 10.6. The van der Waals surface area contributed by atoms with E-state index in [2.05, 4.69) is 54.3 Å². The molecule has 0 aliphatic carbocycles. The van der Waals surface area contributed by atoms with Gasteiger partial charge in [0.05, 0.1) is 7.11 Å². The first-order valence-electron chi connectivity index (χ1n) is 10.9. The van der Waals surface area contributed by atoms with Crippen molar-refractivity contribution in [2.24, 2.45) is 0 Å². The number of aliphatic hydroxyl groups is 1. The molecule has 0 bridgehead atoms. The smallest absolute Gasteiger partial charge is 0.122 e.